The third-order valence-corrected chi connectivity index (χ3v) is 4.29. The lowest BCUT2D eigenvalue weighted by Crippen LogP contribution is -2.53. The van der Waals surface area contributed by atoms with Crippen LogP contribution in [-0.4, -0.2) is 47.8 Å². The van der Waals surface area contributed by atoms with E-state index in [4.69, 9.17) is 0 Å². The molecule has 1 saturated heterocycles. The van der Waals surface area contributed by atoms with Gasteiger partial charge in [0.05, 0.1) is 0 Å². The lowest BCUT2D eigenvalue weighted by Gasteiger charge is -2.38. The van der Waals surface area contributed by atoms with Crippen LogP contribution in [0.1, 0.15) is 60.3 Å². The predicted octanol–water partition coefficient (Wildman–Crippen LogP) is 2.92. The molecule has 0 aromatic rings. The first-order valence-electron chi connectivity index (χ1n) is 8.43. The van der Waals surface area contributed by atoms with E-state index in [2.05, 4.69) is 20.8 Å². The van der Waals surface area contributed by atoms with E-state index in [1.165, 1.54) is 6.42 Å². The fraction of sp³-hybridized carbons (Fsp3) is 0.882. The summed E-state index contributed by atoms with van der Waals surface area (Å²) in [6, 6.07) is 0. The van der Waals surface area contributed by atoms with Gasteiger partial charge in [-0.25, -0.2) is 0 Å². The number of hydrogen-bond donors (Lipinski definition) is 0. The molecule has 0 N–H and O–H groups in total. The summed E-state index contributed by atoms with van der Waals surface area (Å²) in [5.74, 6) is 0.515. The molecule has 0 radical (unpaired) electrons. The number of piperidine rings is 1. The maximum absolute atomic E-state index is 12.8. The van der Waals surface area contributed by atoms with Crippen molar-refractivity contribution in [3.63, 3.8) is 0 Å². The van der Waals surface area contributed by atoms with Crippen molar-refractivity contribution in [1.29, 1.82) is 0 Å². The molecule has 0 aromatic heterocycles. The Morgan fingerprint density at radius 1 is 1.19 bits per heavy atom. The second-order valence-electron chi connectivity index (χ2n) is 6.92. The molecule has 0 aliphatic carbocycles. The molecule has 0 bridgehead atoms. The molecule has 21 heavy (non-hydrogen) atoms. The van der Waals surface area contributed by atoms with Crippen LogP contribution in [0.3, 0.4) is 0 Å². The lowest BCUT2D eigenvalue weighted by atomic mass is 9.87. The van der Waals surface area contributed by atoms with Crippen molar-refractivity contribution < 1.29 is 9.59 Å². The van der Waals surface area contributed by atoms with Crippen molar-refractivity contribution >= 4 is 11.8 Å². The fourth-order valence-corrected chi connectivity index (χ4v) is 3.11. The Morgan fingerprint density at radius 2 is 1.76 bits per heavy atom. The van der Waals surface area contributed by atoms with Gasteiger partial charge in [-0.05, 0) is 45.4 Å². The van der Waals surface area contributed by atoms with Gasteiger partial charge in [-0.3, -0.25) is 9.59 Å². The molecule has 122 valence electrons. The fourth-order valence-electron chi connectivity index (χ4n) is 3.11. The summed E-state index contributed by atoms with van der Waals surface area (Å²) in [5.41, 5.74) is -0.943. The lowest BCUT2D eigenvalue weighted by molar-refractivity contribution is -0.155. The molecule has 0 spiro atoms. The molecule has 4 heteroatoms. The zero-order chi connectivity index (χ0) is 16.0. The van der Waals surface area contributed by atoms with Crippen molar-refractivity contribution in [2.45, 2.75) is 60.3 Å². The summed E-state index contributed by atoms with van der Waals surface area (Å²) >= 11 is 0. The van der Waals surface area contributed by atoms with Crippen molar-refractivity contribution in [2.75, 3.05) is 26.2 Å². The maximum Gasteiger partial charge on any atom is 0.237 e. The van der Waals surface area contributed by atoms with Gasteiger partial charge >= 0.3 is 0 Å². The smallest absolute Gasteiger partial charge is 0.237 e. The van der Waals surface area contributed by atoms with Gasteiger partial charge < -0.3 is 9.80 Å². The van der Waals surface area contributed by atoms with E-state index in [0.717, 1.165) is 45.4 Å². The first kappa shape index (κ1) is 18.0. The highest BCUT2D eigenvalue weighted by molar-refractivity contribution is 6.04. The third kappa shape index (κ3) is 4.45. The summed E-state index contributed by atoms with van der Waals surface area (Å²) in [7, 11) is 0. The van der Waals surface area contributed by atoms with Crippen LogP contribution in [0.5, 0.6) is 0 Å². The minimum absolute atomic E-state index is 0.00347. The first-order valence-corrected chi connectivity index (χ1v) is 8.43. The van der Waals surface area contributed by atoms with Gasteiger partial charge in [-0.2, -0.15) is 0 Å². The number of likely N-dealkylation sites (tertiary alicyclic amines) is 1. The summed E-state index contributed by atoms with van der Waals surface area (Å²) < 4.78 is 0. The van der Waals surface area contributed by atoms with E-state index in [1.807, 2.05) is 9.80 Å². The van der Waals surface area contributed by atoms with E-state index < -0.39 is 5.41 Å². The topological polar surface area (TPSA) is 40.6 Å². The van der Waals surface area contributed by atoms with Crippen LogP contribution in [-0.2, 0) is 9.59 Å². The Labute approximate surface area is 129 Å². The molecule has 1 fully saturated rings. The monoisotopic (exact) mass is 296 g/mol. The summed E-state index contributed by atoms with van der Waals surface area (Å²) in [6.45, 7) is 12.9. The molecule has 1 aliphatic rings. The van der Waals surface area contributed by atoms with Gasteiger partial charge in [-0.15, -0.1) is 0 Å². The maximum atomic E-state index is 12.8. The van der Waals surface area contributed by atoms with Gasteiger partial charge in [-0.1, -0.05) is 20.8 Å². The van der Waals surface area contributed by atoms with Crippen LogP contribution in [0.2, 0.25) is 0 Å². The SMILES string of the molecule is CCCN(CCC)C(=O)C(C)(C)C(=O)N1CCCC(C)C1. The Bertz CT molecular complexity index is 341. The minimum Gasteiger partial charge on any atom is -0.342 e. The highest BCUT2D eigenvalue weighted by atomic mass is 16.2. The van der Waals surface area contributed by atoms with Gasteiger partial charge in [0, 0.05) is 26.2 Å². The molecule has 1 atom stereocenters. The number of hydrogen-bond acceptors (Lipinski definition) is 2. The van der Waals surface area contributed by atoms with Crippen LogP contribution < -0.4 is 0 Å². The highest BCUT2D eigenvalue weighted by Crippen LogP contribution is 2.26. The quantitative estimate of drug-likeness (QED) is 0.707. The molecule has 1 heterocycles. The van der Waals surface area contributed by atoms with Crippen molar-refractivity contribution in [2.24, 2.45) is 11.3 Å². The van der Waals surface area contributed by atoms with E-state index >= 15 is 0 Å². The number of amides is 2. The Hall–Kier alpha value is -1.06. The van der Waals surface area contributed by atoms with Crippen LogP contribution in [0.15, 0.2) is 0 Å². The minimum atomic E-state index is -0.943. The zero-order valence-corrected chi connectivity index (χ0v) is 14.4. The summed E-state index contributed by atoms with van der Waals surface area (Å²) in [6.07, 6.45) is 4.08. The average molecular weight is 296 g/mol. The molecule has 0 saturated carbocycles. The summed E-state index contributed by atoms with van der Waals surface area (Å²) in [5, 5.41) is 0. The normalized spacial score (nSPS) is 19.5. The average Bonchev–Trinajstić information content (AvgIpc) is 2.45. The number of carbonyl (C=O) groups excluding carboxylic acids is 2. The largest absolute Gasteiger partial charge is 0.342 e. The van der Waals surface area contributed by atoms with Crippen molar-refractivity contribution in [3.8, 4) is 0 Å². The van der Waals surface area contributed by atoms with Crippen molar-refractivity contribution in [1.82, 2.24) is 9.80 Å². The van der Waals surface area contributed by atoms with Crippen LogP contribution in [0.25, 0.3) is 0 Å². The zero-order valence-electron chi connectivity index (χ0n) is 14.4. The number of rotatable bonds is 6. The molecule has 4 nitrogen and oxygen atoms in total. The molecule has 2 amide bonds. The molecule has 1 aliphatic heterocycles. The molecule has 0 aromatic carbocycles. The van der Waals surface area contributed by atoms with Crippen molar-refractivity contribution in [3.05, 3.63) is 0 Å². The standard InChI is InChI=1S/C17H32N2O2/c1-6-10-18(11-7-2)15(20)17(4,5)16(21)19-12-8-9-14(3)13-19/h14H,6-13H2,1-5H3. The first-order chi connectivity index (χ1) is 9.84. The van der Waals surface area contributed by atoms with E-state index in [0.29, 0.717) is 5.92 Å². The van der Waals surface area contributed by atoms with Gasteiger partial charge in [0.1, 0.15) is 5.41 Å². The Balaban J connectivity index is 2.81. The van der Waals surface area contributed by atoms with Crippen LogP contribution in [0.4, 0.5) is 0 Å². The van der Waals surface area contributed by atoms with E-state index in [1.54, 1.807) is 13.8 Å². The third-order valence-electron chi connectivity index (χ3n) is 4.29. The molecular formula is C17H32N2O2. The predicted molar refractivity (Wildman–Crippen MR) is 85.9 cm³/mol. The van der Waals surface area contributed by atoms with Gasteiger partial charge in [0.2, 0.25) is 11.8 Å². The van der Waals surface area contributed by atoms with Gasteiger partial charge in [0.15, 0.2) is 0 Å². The Morgan fingerprint density at radius 3 is 2.24 bits per heavy atom. The van der Waals surface area contributed by atoms with E-state index in [-0.39, 0.29) is 11.8 Å². The second kappa shape index (κ2) is 7.81. The number of carbonyl (C=O) groups is 2. The number of nitrogens with zero attached hydrogens (tertiary/aromatic N) is 2. The van der Waals surface area contributed by atoms with E-state index in [9.17, 15) is 9.59 Å². The second-order valence-corrected chi connectivity index (χ2v) is 6.92. The van der Waals surface area contributed by atoms with Gasteiger partial charge in [0.25, 0.3) is 0 Å². The molecule has 1 rings (SSSR count). The molecule has 1 unspecified atom stereocenters. The van der Waals surface area contributed by atoms with Crippen LogP contribution in [0, 0.1) is 11.3 Å². The molecular weight excluding hydrogens is 264 g/mol. The summed E-state index contributed by atoms with van der Waals surface area (Å²) in [4.78, 5) is 29.3. The van der Waals surface area contributed by atoms with Crippen LogP contribution >= 0.6 is 0 Å². The Kier molecular flexibility index (Phi) is 6.69. The highest BCUT2D eigenvalue weighted by Gasteiger charge is 2.42.